The summed E-state index contributed by atoms with van der Waals surface area (Å²) in [6.07, 6.45) is 0.462. The molecule has 0 aliphatic rings. The van der Waals surface area contributed by atoms with Crippen LogP contribution in [-0.2, 0) is 0 Å². The topological polar surface area (TPSA) is 61.4 Å². The molecule has 0 saturated heterocycles. The Kier molecular flexibility index (Phi) is 4.45. The molecule has 94 valence electrons. The fraction of sp³-hybridized carbons (Fsp3) is 0.417. The number of urea groups is 1. The fourth-order valence-electron chi connectivity index (χ4n) is 1.34. The van der Waals surface area contributed by atoms with E-state index in [-0.39, 0.29) is 18.5 Å². The van der Waals surface area contributed by atoms with Gasteiger partial charge in [0.1, 0.15) is 5.82 Å². The number of aliphatic hydroxyl groups excluding tert-OH is 1. The summed E-state index contributed by atoms with van der Waals surface area (Å²) in [4.78, 5) is 11.6. The maximum atomic E-state index is 12.6. The van der Waals surface area contributed by atoms with Gasteiger partial charge in [0.25, 0.3) is 0 Å². The molecule has 4 nitrogen and oxygen atoms in total. The van der Waals surface area contributed by atoms with Gasteiger partial charge in [0.05, 0.1) is 0 Å². The van der Waals surface area contributed by atoms with E-state index in [2.05, 4.69) is 10.6 Å². The Balaban J connectivity index is 2.52. The zero-order chi connectivity index (χ0) is 12.9. The summed E-state index contributed by atoms with van der Waals surface area (Å²) >= 11 is 0. The molecule has 0 saturated carbocycles. The van der Waals surface area contributed by atoms with E-state index in [1.54, 1.807) is 0 Å². The molecule has 0 fully saturated rings. The van der Waals surface area contributed by atoms with Gasteiger partial charge in [-0.15, -0.1) is 0 Å². The van der Waals surface area contributed by atoms with Gasteiger partial charge in [0.2, 0.25) is 0 Å². The first-order chi connectivity index (χ1) is 7.93. The first kappa shape index (κ1) is 13.4. The van der Waals surface area contributed by atoms with Gasteiger partial charge >= 0.3 is 6.03 Å². The van der Waals surface area contributed by atoms with Crippen molar-refractivity contribution < 1.29 is 14.3 Å². The number of aliphatic hydroxyl groups is 1. The fourth-order valence-corrected chi connectivity index (χ4v) is 1.34. The summed E-state index contributed by atoms with van der Waals surface area (Å²) in [6, 6.07) is 5.13. The van der Waals surface area contributed by atoms with Crippen LogP contribution in [0.25, 0.3) is 0 Å². The molecule has 0 radical (unpaired) electrons. The van der Waals surface area contributed by atoms with Crippen LogP contribution in [0.3, 0.4) is 0 Å². The Morgan fingerprint density at radius 1 is 1.35 bits per heavy atom. The highest BCUT2D eigenvalue weighted by Crippen LogP contribution is 2.10. The Morgan fingerprint density at radius 2 is 1.94 bits per heavy atom. The van der Waals surface area contributed by atoms with Crippen molar-refractivity contribution in [2.24, 2.45) is 0 Å². The van der Waals surface area contributed by atoms with E-state index >= 15 is 0 Å². The van der Waals surface area contributed by atoms with Crippen LogP contribution in [0.15, 0.2) is 24.3 Å². The molecule has 5 heteroatoms. The normalized spacial score (nSPS) is 11.1. The quantitative estimate of drug-likeness (QED) is 0.754. The van der Waals surface area contributed by atoms with E-state index in [1.807, 2.05) is 13.8 Å². The van der Waals surface area contributed by atoms with Gasteiger partial charge in [-0.1, -0.05) is 0 Å². The van der Waals surface area contributed by atoms with Gasteiger partial charge in [-0.3, -0.25) is 0 Å². The number of carbonyl (C=O) groups excluding carboxylic acids is 1. The molecule has 3 N–H and O–H groups in total. The Labute approximate surface area is 99.8 Å². The number of amides is 2. The van der Waals surface area contributed by atoms with E-state index in [0.29, 0.717) is 12.1 Å². The number of benzene rings is 1. The molecule has 0 aliphatic heterocycles. The van der Waals surface area contributed by atoms with Gasteiger partial charge in [-0.2, -0.15) is 0 Å². The number of carbonyl (C=O) groups is 1. The van der Waals surface area contributed by atoms with Crippen molar-refractivity contribution in [1.29, 1.82) is 0 Å². The van der Waals surface area contributed by atoms with Crippen molar-refractivity contribution in [3.05, 3.63) is 30.1 Å². The third kappa shape index (κ3) is 4.82. The lowest BCUT2D eigenvalue weighted by Gasteiger charge is -2.25. The van der Waals surface area contributed by atoms with Crippen LogP contribution in [-0.4, -0.2) is 23.3 Å². The second kappa shape index (κ2) is 5.63. The number of halogens is 1. The van der Waals surface area contributed by atoms with Crippen LogP contribution < -0.4 is 10.6 Å². The summed E-state index contributed by atoms with van der Waals surface area (Å²) in [5.74, 6) is -0.350. The molecule has 0 atom stereocenters. The van der Waals surface area contributed by atoms with Crippen molar-refractivity contribution in [2.45, 2.75) is 25.8 Å². The molecular formula is C12H17FN2O2. The summed E-state index contributed by atoms with van der Waals surface area (Å²) in [7, 11) is 0. The lowest BCUT2D eigenvalue weighted by atomic mass is 10.0. The van der Waals surface area contributed by atoms with Crippen molar-refractivity contribution in [2.75, 3.05) is 11.9 Å². The molecular weight excluding hydrogens is 223 g/mol. The van der Waals surface area contributed by atoms with Crippen LogP contribution in [0.1, 0.15) is 20.3 Å². The average molecular weight is 240 g/mol. The van der Waals surface area contributed by atoms with Crippen molar-refractivity contribution >= 4 is 11.7 Å². The molecule has 0 unspecified atom stereocenters. The number of hydrogen-bond acceptors (Lipinski definition) is 2. The second-order valence-corrected chi connectivity index (χ2v) is 4.44. The molecule has 1 rings (SSSR count). The minimum Gasteiger partial charge on any atom is -0.396 e. The van der Waals surface area contributed by atoms with Crippen molar-refractivity contribution in [3.8, 4) is 0 Å². The zero-order valence-electron chi connectivity index (χ0n) is 9.96. The van der Waals surface area contributed by atoms with Crippen LogP contribution in [0.5, 0.6) is 0 Å². The summed E-state index contributed by atoms with van der Waals surface area (Å²) < 4.78 is 12.6. The summed E-state index contributed by atoms with van der Waals surface area (Å²) in [5, 5.41) is 14.1. The number of hydrogen-bond donors (Lipinski definition) is 3. The monoisotopic (exact) mass is 240 g/mol. The smallest absolute Gasteiger partial charge is 0.319 e. The van der Waals surface area contributed by atoms with E-state index in [9.17, 15) is 9.18 Å². The van der Waals surface area contributed by atoms with E-state index < -0.39 is 5.54 Å². The Morgan fingerprint density at radius 3 is 2.47 bits per heavy atom. The van der Waals surface area contributed by atoms with E-state index in [4.69, 9.17) is 5.11 Å². The molecule has 0 aromatic heterocycles. The zero-order valence-corrected chi connectivity index (χ0v) is 9.96. The van der Waals surface area contributed by atoms with Crippen LogP contribution in [0, 0.1) is 5.82 Å². The van der Waals surface area contributed by atoms with Gasteiger partial charge in [-0.25, -0.2) is 9.18 Å². The summed E-state index contributed by atoms with van der Waals surface area (Å²) in [5.41, 5.74) is 0.0301. The van der Waals surface area contributed by atoms with Crippen LogP contribution in [0.2, 0.25) is 0 Å². The SMILES string of the molecule is CC(C)(CCO)NC(=O)Nc1ccc(F)cc1. The Bertz CT molecular complexity index is 377. The van der Waals surface area contributed by atoms with Crippen molar-refractivity contribution in [1.82, 2.24) is 5.32 Å². The highest BCUT2D eigenvalue weighted by molar-refractivity contribution is 5.89. The number of anilines is 1. The minimum atomic E-state index is -0.487. The van der Waals surface area contributed by atoms with Gasteiger partial charge in [0, 0.05) is 17.8 Å². The maximum absolute atomic E-state index is 12.6. The molecule has 1 aromatic rings. The first-order valence-electron chi connectivity index (χ1n) is 5.38. The molecule has 0 spiro atoms. The highest BCUT2D eigenvalue weighted by atomic mass is 19.1. The standard InChI is InChI=1S/C12H17FN2O2/c1-12(2,7-8-16)15-11(17)14-10-5-3-9(13)4-6-10/h3-6,16H,7-8H2,1-2H3,(H2,14,15,17). The van der Waals surface area contributed by atoms with Gasteiger partial charge < -0.3 is 15.7 Å². The number of nitrogens with one attached hydrogen (secondary N) is 2. The largest absolute Gasteiger partial charge is 0.396 e. The van der Waals surface area contributed by atoms with Crippen LogP contribution >= 0.6 is 0 Å². The third-order valence-corrected chi connectivity index (χ3v) is 2.29. The molecule has 17 heavy (non-hydrogen) atoms. The van der Waals surface area contributed by atoms with Gasteiger partial charge in [-0.05, 0) is 44.5 Å². The van der Waals surface area contributed by atoms with Gasteiger partial charge in [0.15, 0.2) is 0 Å². The first-order valence-corrected chi connectivity index (χ1v) is 5.38. The maximum Gasteiger partial charge on any atom is 0.319 e. The predicted molar refractivity (Wildman–Crippen MR) is 64.3 cm³/mol. The minimum absolute atomic E-state index is 0.00380. The lowest BCUT2D eigenvalue weighted by Crippen LogP contribution is -2.46. The molecule has 2 amide bonds. The molecule has 0 bridgehead atoms. The lowest BCUT2D eigenvalue weighted by molar-refractivity contribution is 0.218. The third-order valence-electron chi connectivity index (χ3n) is 2.29. The predicted octanol–water partition coefficient (Wildman–Crippen LogP) is 2.11. The average Bonchev–Trinajstić information content (AvgIpc) is 2.20. The van der Waals surface area contributed by atoms with Crippen LogP contribution in [0.4, 0.5) is 14.9 Å². The molecule has 0 aliphatic carbocycles. The molecule has 0 heterocycles. The second-order valence-electron chi connectivity index (χ2n) is 4.44. The van der Waals surface area contributed by atoms with E-state index in [0.717, 1.165) is 0 Å². The number of rotatable bonds is 4. The molecule has 1 aromatic carbocycles. The highest BCUT2D eigenvalue weighted by Gasteiger charge is 2.19. The summed E-state index contributed by atoms with van der Waals surface area (Å²) in [6.45, 7) is 3.63. The van der Waals surface area contributed by atoms with E-state index in [1.165, 1.54) is 24.3 Å². The Hall–Kier alpha value is -1.62. The van der Waals surface area contributed by atoms with Crippen molar-refractivity contribution in [3.63, 3.8) is 0 Å².